The van der Waals surface area contributed by atoms with E-state index in [2.05, 4.69) is 21.2 Å². The van der Waals surface area contributed by atoms with Crippen LogP contribution in [-0.4, -0.2) is 28.6 Å². The monoisotopic (exact) mass is 536 g/mol. The van der Waals surface area contributed by atoms with Crippen molar-refractivity contribution in [2.75, 3.05) is 11.9 Å². The quantitative estimate of drug-likeness (QED) is 0.374. The van der Waals surface area contributed by atoms with Gasteiger partial charge in [0.2, 0.25) is 0 Å². The summed E-state index contributed by atoms with van der Waals surface area (Å²) in [4.78, 5) is 39.0. The molecular weight excluding hydrogens is 516 g/mol. The predicted molar refractivity (Wildman–Crippen MR) is 137 cm³/mol. The van der Waals surface area contributed by atoms with Crippen LogP contribution in [0.25, 0.3) is 6.08 Å². The lowest BCUT2D eigenvalue weighted by molar-refractivity contribution is -0.123. The maximum absolute atomic E-state index is 12.8. The molecular formula is C26H21BrN2O4S. The molecule has 0 spiro atoms. The third-order valence-corrected chi connectivity index (χ3v) is 6.81. The Morgan fingerprint density at radius 2 is 1.74 bits per heavy atom. The van der Waals surface area contributed by atoms with Gasteiger partial charge in [0.15, 0.2) is 6.61 Å². The molecule has 4 rings (SSSR count). The summed E-state index contributed by atoms with van der Waals surface area (Å²) < 4.78 is 6.41. The molecule has 0 bridgehead atoms. The zero-order valence-electron chi connectivity index (χ0n) is 18.3. The van der Waals surface area contributed by atoms with Crippen LogP contribution in [0.2, 0.25) is 0 Å². The fraction of sp³-hybridized carbons (Fsp3) is 0.115. The molecule has 1 aliphatic rings. The number of carbonyl (C=O) groups excluding carboxylic acids is 3. The summed E-state index contributed by atoms with van der Waals surface area (Å²) in [5, 5.41) is 2.52. The Kier molecular flexibility index (Phi) is 7.49. The maximum atomic E-state index is 12.8. The molecule has 172 valence electrons. The molecule has 1 fully saturated rings. The molecule has 1 N–H and O–H groups in total. The molecule has 6 nitrogen and oxygen atoms in total. The van der Waals surface area contributed by atoms with Gasteiger partial charge in [0.1, 0.15) is 5.75 Å². The molecule has 3 aromatic carbocycles. The first kappa shape index (κ1) is 23.8. The van der Waals surface area contributed by atoms with Crippen molar-refractivity contribution >= 4 is 56.5 Å². The maximum Gasteiger partial charge on any atom is 0.293 e. The number of benzene rings is 3. The van der Waals surface area contributed by atoms with E-state index in [-0.39, 0.29) is 30.2 Å². The van der Waals surface area contributed by atoms with Crippen molar-refractivity contribution in [1.82, 2.24) is 4.90 Å². The molecule has 0 aliphatic carbocycles. The van der Waals surface area contributed by atoms with Gasteiger partial charge in [0.25, 0.3) is 17.1 Å². The number of nitrogens with one attached hydrogen (secondary N) is 1. The Labute approximate surface area is 210 Å². The fourth-order valence-corrected chi connectivity index (χ4v) is 4.54. The first-order valence-corrected chi connectivity index (χ1v) is 12.1. The molecule has 1 heterocycles. The summed E-state index contributed by atoms with van der Waals surface area (Å²) in [6.45, 7) is 2.01. The average Bonchev–Trinajstić information content (AvgIpc) is 3.09. The molecule has 0 atom stereocenters. The van der Waals surface area contributed by atoms with Crippen LogP contribution in [0, 0.1) is 6.92 Å². The Morgan fingerprint density at radius 1 is 1.03 bits per heavy atom. The van der Waals surface area contributed by atoms with Crippen LogP contribution in [-0.2, 0) is 16.1 Å². The van der Waals surface area contributed by atoms with Gasteiger partial charge in [-0.25, -0.2) is 0 Å². The van der Waals surface area contributed by atoms with Gasteiger partial charge < -0.3 is 10.1 Å². The van der Waals surface area contributed by atoms with E-state index in [1.807, 2.05) is 55.5 Å². The number of rotatable bonds is 7. The van der Waals surface area contributed by atoms with E-state index in [0.717, 1.165) is 38.6 Å². The highest BCUT2D eigenvalue weighted by atomic mass is 79.9. The van der Waals surface area contributed by atoms with Crippen LogP contribution < -0.4 is 10.1 Å². The van der Waals surface area contributed by atoms with Gasteiger partial charge in [-0.05, 0) is 65.7 Å². The van der Waals surface area contributed by atoms with Gasteiger partial charge in [-0.15, -0.1) is 0 Å². The SMILES string of the molecule is Cc1ccccc1NC(=O)COc1ccc(/C=C2\SC(=O)N(Cc3ccccc3Br)C2=O)cc1. The summed E-state index contributed by atoms with van der Waals surface area (Å²) in [5.41, 5.74) is 3.34. The molecule has 0 aromatic heterocycles. The Hall–Kier alpha value is -3.36. The summed E-state index contributed by atoms with van der Waals surface area (Å²) in [7, 11) is 0. The summed E-state index contributed by atoms with van der Waals surface area (Å²) in [6, 6.07) is 22.0. The van der Waals surface area contributed by atoms with E-state index in [0.29, 0.717) is 10.7 Å². The number of thioether (sulfide) groups is 1. The van der Waals surface area contributed by atoms with Crippen molar-refractivity contribution in [3.63, 3.8) is 0 Å². The number of halogens is 1. The Morgan fingerprint density at radius 3 is 2.47 bits per heavy atom. The minimum atomic E-state index is -0.320. The van der Waals surface area contributed by atoms with Crippen LogP contribution in [0.3, 0.4) is 0 Å². The number of hydrogen-bond acceptors (Lipinski definition) is 5. The molecule has 3 aromatic rings. The van der Waals surface area contributed by atoms with E-state index in [9.17, 15) is 14.4 Å². The standard InChI is InChI=1S/C26H21BrN2O4S/c1-17-6-2-5-9-22(17)28-24(30)16-33-20-12-10-18(11-13-20)14-23-25(31)29(26(32)34-23)15-19-7-3-4-8-21(19)27/h2-14H,15-16H2,1H3,(H,28,30)/b23-14-. The lowest BCUT2D eigenvalue weighted by Gasteiger charge is -2.13. The van der Waals surface area contributed by atoms with Crippen molar-refractivity contribution in [2.24, 2.45) is 0 Å². The molecule has 34 heavy (non-hydrogen) atoms. The van der Waals surface area contributed by atoms with Gasteiger partial charge in [-0.1, -0.05) is 64.5 Å². The fourth-order valence-electron chi connectivity index (χ4n) is 3.29. The second-order valence-electron chi connectivity index (χ2n) is 7.58. The number of nitrogens with zero attached hydrogens (tertiary/aromatic N) is 1. The van der Waals surface area contributed by atoms with E-state index in [1.165, 1.54) is 4.90 Å². The molecule has 0 unspecified atom stereocenters. The number of hydrogen-bond donors (Lipinski definition) is 1. The largest absolute Gasteiger partial charge is 0.484 e. The third-order valence-electron chi connectivity index (χ3n) is 5.13. The summed E-state index contributed by atoms with van der Waals surface area (Å²) >= 11 is 4.37. The number of aryl methyl sites for hydroxylation is 1. The molecule has 1 saturated heterocycles. The minimum Gasteiger partial charge on any atom is -0.484 e. The third kappa shape index (κ3) is 5.76. The lowest BCUT2D eigenvalue weighted by Crippen LogP contribution is -2.27. The summed E-state index contributed by atoms with van der Waals surface area (Å²) in [5.74, 6) is -0.0461. The normalized spacial score (nSPS) is 14.5. The predicted octanol–water partition coefficient (Wildman–Crippen LogP) is 6.01. The highest BCUT2D eigenvalue weighted by molar-refractivity contribution is 9.10. The first-order valence-electron chi connectivity index (χ1n) is 10.5. The molecule has 8 heteroatoms. The number of para-hydroxylation sites is 1. The number of amides is 3. The Balaban J connectivity index is 1.35. The topological polar surface area (TPSA) is 75.7 Å². The van der Waals surface area contributed by atoms with E-state index < -0.39 is 0 Å². The second kappa shape index (κ2) is 10.7. The van der Waals surface area contributed by atoms with Crippen LogP contribution in [0.1, 0.15) is 16.7 Å². The number of anilines is 1. The van der Waals surface area contributed by atoms with Crippen molar-refractivity contribution in [1.29, 1.82) is 0 Å². The molecule has 0 saturated carbocycles. The van der Waals surface area contributed by atoms with Gasteiger partial charge in [-0.3, -0.25) is 19.3 Å². The molecule has 0 radical (unpaired) electrons. The smallest absolute Gasteiger partial charge is 0.293 e. The average molecular weight is 537 g/mol. The zero-order valence-corrected chi connectivity index (χ0v) is 20.7. The van der Waals surface area contributed by atoms with Crippen molar-refractivity contribution < 1.29 is 19.1 Å². The van der Waals surface area contributed by atoms with E-state index in [1.54, 1.807) is 30.3 Å². The molecule has 1 aliphatic heterocycles. The summed E-state index contributed by atoms with van der Waals surface area (Å²) in [6.07, 6.45) is 1.68. The minimum absolute atomic E-state index is 0.123. The van der Waals surface area contributed by atoms with Crippen LogP contribution in [0.4, 0.5) is 10.5 Å². The van der Waals surface area contributed by atoms with E-state index >= 15 is 0 Å². The van der Waals surface area contributed by atoms with E-state index in [4.69, 9.17) is 4.74 Å². The number of carbonyl (C=O) groups is 3. The molecule has 3 amide bonds. The van der Waals surface area contributed by atoms with Gasteiger partial charge in [0, 0.05) is 10.2 Å². The zero-order chi connectivity index (χ0) is 24.1. The highest BCUT2D eigenvalue weighted by Gasteiger charge is 2.35. The Bertz CT molecular complexity index is 1270. The van der Waals surface area contributed by atoms with Crippen LogP contribution in [0.15, 0.2) is 82.2 Å². The second-order valence-corrected chi connectivity index (χ2v) is 9.43. The number of ether oxygens (including phenoxy) is 1. The van der Waals surface area contributed by atoms with Crippen molar-refractivity contribution in [2.45, 2.75) is 13.5 Å². The first-order chi connectivity index (χ1) is 16.4. The van der Waals surface area contributed by atoms with Crippen molar-refractivity contribution in [3.8, 4) is 5.75 Å². The number of imide groups is 1. The van der Waals surface area contributed by atoms with Gasteiger partial charge in [-0.2, -0.15) is 0 Å². The van der Waals surface area contributed by atoms with Crippen molar-refractivity contribution in [3.05, 3.63) is 98.9 Å². The van der Waals surface area contributed by atoms with Gasteiger partial charge >= 0.3 is 0 Å². The highest BCUT2D eigenvalue weighted by Crippen LogP contribution is 2.34. The van der Waals surface area contributed by atoms with Crippen LogP contribution in [0.5, 0.6) is 5.75 Å². The lowest BCUT2D eigenvalue weighted by atomic mass is 10.2. The van der Waals surface area contributed by atoms with Gasteiger partial charge in [0.05, 0.1) is 11.4 Å². The van der Waals surface area contributed by atoms with Crippen LogP contribution >= 0.6 is 27.7 Å².